The Hall–Kier alpha value is -2.69. The molecular formula is C18H19FN2O2. The van der Waals surface area contributed by atoms with Crippen molar-refractivity contribution in [1.29, 1.82) is 0 Å². The monoisotopic (exact) mass is 314 g/mol. The van der Waals surface area contributed by atoms with Gasteiger partial charge in [-0.3, -0.25) is 9.59 Å². The minimum absolute atomic E-state index is 0.285. The van der Waals surface area contributed by atoms with E-state index in [2.05, 4.69) is 5.32 Å². The van der Waals surface area contributed by atoms with Crippen molar-refractivity contribution in [2.75, 3.05) is 11.9 Å². The molecule has 0 radical (unpaired) electrons. The average Bonchev–Trinajstić information content (AvgIpc) is 2.53. The van der Waals surface area contributed by atoms with Crippen LogP contribution in [0, 0.1) is 5.82 Å². The second-order valence-corrected chi connectivity index (χ2v) is 5.32. The molecule has 0 spiro atoms. The number of carbonyl (C=O) groups excluding carboxylic acids is 2. The zero-order chi connectivity index (χ0) is 16.8. The molecule has 5 heteroatoms. The summed E-state index contributed by atoms with van der Waals surface area (Å²) in [6, 6.07) is 14.5. The van der Waals surface area contributed by atoms with Gasteiger partial charge in [0.05, 0.1) is 0 Å². The van der Waals surface area contributed by atoms with Crippen molar-refractivity contribution >= 4 is 17.5 Å². The number of carbonyl (C=O) groups is 2. The number of nitrogens with zero attached hydrogens (tertiary/aromatic N) is 1. The molecule has 0 bridgehead atoms. The molecule has 4 nitrogen and oxygen atoms in total. The van der Waals surface area contributed by atoms with Gasteiger partial charge in [0, 0.05) is 26.1 Å². The summed E-state index contributed by atoms with van der Waals surface area (Å²) in [4.78, 5) is 25.5. The third-order valence-corrected chi connectivity index (χ3v) is 3.48. The molecule has 2 aromatic rings. The Morgan fingerprint density at radius 2 is 1.83 bits per heavy atom. The standard InChI is InChI=1S/C18H19FN2O2/c1-13(22)20-17(11-14-7-4-3-5-8-14)18(23)21(2)16-10-6-9-15(19)12-16/h3-10,12,17H,11H2,1-2H3,(H,20,22)/t17-/m0/s1. The number of rotatable bonds is 5. The second-order valence-electron chi connectivity index (χ2n) is 5.32. The van der Waals surface area contributed by atoms with E-state index in [4.69, 9.17) is 0 Å². The zero-order valence-electron chi connectivity index (χ0n) is 13.1. The fourth-order valence-corrected chi connectivity index (χ4v) is 2.34. The number of nitrogens with one attached hydrogen (secondary N) is 1. The summed E-state index contributed by atoms with van der Waals surface area (Å²) < 4.78 is 13.3. The van der Waals surface area contributed by atoms with Crippen LogP contribution in [0.1, 0.15) is 12.5 Å². The molecule has 0 saturated carbocycles. The maximum atomic E-state index is 13.3. The predicted octanol–water partition coefficient (Wildman–Crippen LogP) is 2.54. The third kappa shape index (κ3) is 4.64. The molecule has 0 aliphatic carbocycles. The van der Waals surface area contributed by atoms with Crippen LogP contribution in [0.25, 0.3) is 0 Å². The van der Waals surface area contributed by atoms with Crippen molar-refractivity contribution in [3.63, 3.8) is 0 Å². The van der Waals surface area contributed by atoms with Gasteiger partial charge in [0.1, 0.15) is 11.9 Å². The minimum Gasteiger partial charge on any atom is -0.344 e. The van der Waals surface area contributed by atoms with E-state index in [1.165, 1.54) is 24.0 Å². The molecule has 0 aromatic heterocycles. The number of hydrogen-bond acceptors (Lipinski definition) is 2. The highest BCUT2D eigenvalue weighted by Gasteiger charge is 2.24. The van der Waals surface area contributed by atoms with Crippen LogP contribution in [0.4, 0.5) is 10.1 Å². The van der Waals surface area contributed by atoms with Crippen LogP contribution in [0.3, 0.4) is 0 Å². The fraction of sp³-hybridized carbons (Fsp3) is 0.222. The Kier molecular flexibility index (Phi) is 5.46. The molecule has 2 aromatic carbocycles. The van der Waals surface area contributed by atoms with Gasteiger partial charge in [-0.1, -0.05) is 36.4 Å². The van der Waals surface area contributed by atoms with Crippen LogP contribution in [-0.4, -0.2) is 24.9 Å². The Labute approximate surface area is 134 Å². The molecule has 0 heterocycles. The van der Waals surface area contributed by atoms with Crippen LogP contribution < -0.4 is 10.2 Å². The number of amides is 2. The third-order valence-electron chi connectivity index (χ3n) is 3.48. The van der Waals surface area contributed by atoms with Gasteiger partial charge in [0.2, 0.25) is 11.8 Å². The molecule has 1 atom stereocenters. The van der Waals surface area contributed by atoms with Gasteiger partial charge in [-0.25, -0.2) is 4.39 Å². The first-order valence-corrected chi connectivity index (χ1v) is 7.31. The quantitative estimate of drug-likeness (QED) is 0.922. The van der Waals surface area contributed by atoms with E-state index in [-0.39, 0.29) is 11.8 Å². The summed E-state index contributed by atoms with van der Waals surface area (Å²) in [6.45, 7) is 1.37. The maximum absolute atomic E-state index is 13.3. The van der Waals surface area contributed by atoms with Crippen LogP contribution in [0.5, 0.6) is 0 Å². The average molecular weight is 314 g/mol. The first-order chi connectivity index (χ1) is 11.0. The normalized spacial score (nSPS) is 11.6. The van der Waals surface area contributed by atoms with Crippen molar-refractivity contribution in [2.24, 2.45) is 0 Å². The Morgan fingerprint density at radius 3 is 2.43 bits per heavy atom. The van der Waals surface area contributed by atoms with Crippen molar-refractivity contribution in [2.45, 2.75) is 19.4 Å². The Bertz CT molecular complexity index is 688. The van der Waals surface area contributed by atoms with Gasteiger partial charge in [0.15, 0.2) is 0 Å². The van der Waals surface area contributed by atoms with Gasteiger partial charge in [-0.2, -0.15) is 0 Å². The number of halogens is 1. The topological polar surface area (TPSA) is 49.4 Å². The highest BCUT2D eigenvalue weighted by molar-refractivity contribution is 5.98. The van der Waals surface area contributed by atoms with Crippen molar-refractivity contribution < 1.29 is 14.0 Å². The Morgan fingerprint density at radius 1 is 1.13 bits per heavy atom. The molecule has 1 N–H and O–H groups in total. The summed E-state index contributed by atoms with van der Waals surface area (Å²) in [7, 11) is 1.57. The smallest absolute Gasteiger partial charge is 0.249 e. The van der Waals surface area contributed by atoms with Gasteiger partial charge in [-0.15, -0.1) is 0 Å². The number of anilines is 1. The van der Waals surface area contributed by atoms with Gasteiger partial charge < -0.3 is 10.2 Å². The molecule has 0 saturated heterocycles. The molecule has 0 aliphatic rings. The SMILES string of the molecule is CC(=O)N[C@@H](Cc1ccccc1)C(=O)N(C)c1cccc(F)c1. The van der Waals surface area contributed by atoms with E-state index in [1.54, 1.807) is 19.2 Å². The summed E-state index contributed by atoms with van der Waals surface area (Å²) in [6.07, 6.45) is 0.374. The van der Waals surface area contributed by atoms with E-state index >= 15 is 0 Å². The summed E-state index contributed by atoms with van der Waals surface area (Å²) in [5.74, 6) is -0.997. The highest BCUT2D eigenvalue weighted by atomic mass is 19.1. The Balaban J connectivity index is 2.20. The molecule has 0 fully saturated rings. The second kappa shape index (κ2) is 7.54. The minimum atomic E-state index is -0.705. The summed E-state index contributed by atoms with van der Waals surface area (Å²) >= 11 is 0. The van der Waals surface area contributed by atoms with E-state index in [0.717, 1.165) is 5.56 Å². The summed E-state index contributed by atoms with van der Waals surface area (Å²) in [5, 5.41) is 2.67. The van der Waals surface area contributed by atoms with Crippen LogP contribution in [-0.2, 0) is 16.0 Å². The van der Waals surface area contributed by atoms with Crippen molar-refractivity contribution in [3.05, 3.63) is 66.0 Å². The largest absolute Gasteiger partial charge is 0.344 e. The number of likely N-dealkylation sites (N-methyl/N-ethyl adjacent to an activating group) is 1. The molecule has 0 aliphatic heterocycles. The van der Waals surface area contributed by atoms with Gasteiger partial charge in [-0.05, 0) is 23.8 Å². The summed E-state index contributed by atoms with van der Waals surface area (Å²) in [5.41, 5.74) is 1.38. The van der Waals surface area contributed by atoms with Crippen LogP contribution in [0.15, 0.2) is 54.6 Å². The first-order valence-electron chi connectivity index (χ1n) is 7.31. The highest BCUT2D eigenvalue weighted by Crippen LogP contribution is 2.16. The van der Waals surface area contributed by atoms with Crippen LogP contribution >= 0.6 is 0 Å². The fourth-order valence-electron chi connectivity index (χ4n) is 2.34. The molecule has 0 unspecified atom stereocenters. The lowest BCUT2D eigenvalue weighted by atomic mass is 10.0. The lowest BCUT2D eigenvalue weighted by molar-refractivity contribution is -0.126. The van der Waals surface area contributed by atoms with E-state index in [1.807, 2.05) is 30.3 Å². The first kappa shape index (κ1) is 16.7. The van der Waals surface area contributed by atoms with E-state index in [9.17, 15) is 14.0 Å². The molecule has 23 heavy (non-hydrogen) atoms. The van der Waals surface area contributed by atoms with Crippen molar-refractivity contribution in [3.8, 4) is 0 Å². The molecular weight excluding hydrogens is 295 g/mol. The van der Waals surface area contributed by atoms with E-state index in [0.29, 0.717) is 12.1 Å². The number of benzene rings is 2. The molecule has 2 rings (SSSR count). The lowest BCUT2D eigenvalue weighted by Gasteiger charge is -2.24. The van der Waals surface area contributed by atoms with E-state index < -0.39 is 11.9 Å². The van der Waals surface area contributed by atoms with Gasteiger partial charge >= 0.3 is 0 Å². The van der Waals surface area contributed by atoms with Gasteiger partial charge in [0.25, 0.3) is 0 Å². The number of hydrogen-bond donors (Lipinski definition) is 1. The molecule has 120 valence electrons. The maximum Gasteiger partial charge on any atom is 0.249 e. The van der Waals surface area contributed by atoms with Crippen molar-refractivity contribution in [1.82, 2.24) is 5.32 Å². The molecule has 2 amide bonds. The van der Waals surface area contributed by atoms with Crippen LogP contribution in [0.2, 0.25) is 0 Å². The predicted molar refractivity (Wildman–Crippen MR) is 87.6 cm³/mol. The zero-order valence-corrected chi connectivity index (χ0v) is 13.1. The lowest BCUT2D eigenvalue weighted by Crippen LogP contribution is -2.48.